The van der Waals surface area contributed by atoms with Gasteiger partial charge in [-0.25, -0.2) is 0 Å². The third kappa shape index (κ3) is 1.53. The number of nitrogens with zero attached hydrogens (tertiary/aromatic N) is 1. The molecule has 0 amide bonds. The normalized spacial score (nSPS) is 17.1. The minimum Gasteiger partial charge on any atom is -0.489 e. The zero-order valence-corrected chi connectivity index (χ0v) is 7.42. The lowest BCUT2D eigenvalue weighted by molar-refractivity contribution is 0.120. The van der Waals surface area contributed by atoms with Crippen LogP contribution in [0.15, 0.2) is 18.5 Å². The van der Waals surface area contributed by atoms with Crippen LogP contribution in [0.4, 0.5) is 0 Å². The summed E-state index contributed by atoms with van der Waals surface area (Å²) in [5.41, 5.74) is 0. The van der Waals surface area contributed by atoms with Gasteiger partial charge in [-0.3, -0.25) is 4.98 Å². The molecular weight excluding hydrogens is 174 g/mol. The third-order valence-electron chi connectivity index (χ3n) is 2.08. The van der Waals surface area contributed by atoms with Gasteiger partial charge in [0, 0.05) is 18.5 Å². The van der Waals surface area contributed by atoms with Crippen molar-refractivity contribution in [3.63, 3.8) is 0 Å². The van der Waals surface area contributed by atoms with Crippen LogP contribution < -0.4 is 4.74 Å². The van der Waals surface area contributed by atoms with Crippen LogP contribution in [-0.4, -0.2) is 11.1 Å². The summed E-state index contributed by atoms with van der Waals surface area (Å²) >= 11 is 5.86. The van der Waals surface area contributed by atoms with E-state index in [2.05, 4.69) is 4.98 Å². The van der Waals surface area contributed by atoms with Crippen LogP contribution in [0.25, 0.3) is 0 Å². The van der Waals surface area contributed by atoms with Gasteiger partial charge in [0.15, 0.2) is 0 Å². The second kappa shape index (κ2) is 3.31. The molecule has 1 aromatic rings. The van der Waals surface area contributed by atoms with E-state index < -0.39 is 0 Å². The minimum atomic E-state index is 0.380. The Morgan fingerprint density at radius 1 is 1.50 bits per heavy atom. The van der Waals surface area contributed by atoms with Crippen LogP contribution in [0.5, 0.6) is 5.75 Å². The fourth-order valence-corrected chi connectivity index (χ4v) is 1.29. The van der Waals surface area contributed by atoms with Crippen LogP contribution >= 0.6 is 11.6 Å². The van der Waals surface area contributed by atoms with E-state index in [0.717, 1.165) is 18.6 Å². The lowest BCUT2D eigenvalue weighted by Gasteiger charge is -2.26. The summed E-state index contributed by atoms with van der Waals surface area (Å²) in [6.45, 7) is 0. The van der Waals surface area contributed by atoms with Gasteiger partial charge in [0.1, 0.15) is 10.8 Å². The van der Waals surface area contributed by atoms with E-state index in [0.29, 0.717) is 11.1 Å². The lowest BCUT2D eigenvalue weighted by Crippen LogP contribution is -2.24. The molecule has 3 heteroatoms. The molecule has 0 saturated heterocycles. The number of ether oxygens (including phenoxy) is 1. The van der Waals surface area contributed by atoms with E-state index in [-0.39, 0.29) is 0 Å². The predicted octanol–water partition coefficient (Wildman–Crippen LogP) is 2.67. The molecule has 2 nitrogen and oxygen atoms in total. The van der Waals surface area contributed by atoms with Crippen LogP contribution in [0.1, 0.15) is 19.3 Å². The Morgan fingerprint density at radius 2 is 2.33 bits per heavy atom. The average molecular weight is 184 g/mol. The highest BCUT2D eigenvalue weighted by atomic mass is 35.5. The highest BCUT2D eigenvalue weighted by Gasteiger charge is 2.19. The molecule has 1 aromatic heterocycles. The molecule has 0 bridgehead atoms. The summed E-state index contributed by atoms with van der Waals surface area (Å²) < 4.78 is 5.61. The van der Waals surface area contributed by atoms with Gasteiger partial charge in [-0.15, -0.1) is 0 Å². The number of pyridine rings is 1. The fourth-order valence-electron chi connectivity index (χ4n) is 1.13. The molecule has 0 N–H and O–H groups in total. The number of aromatic nitrogens is 1. The van der Waals surface area contributed by atoms with Crippen molar-refractivity contribution in [2.45, 2.75) is 25.4 Å². The molecule has 0 atom stereocenters. The molecule has 1 aliphatic carbocycles. The van der Waals surface area contributed by atoms with Crippen LogP contribution in [0.3, 0.4) is 0 Å². The van der Waals surface area contributed by atoms with Crippen molar-refractivity contribution >= 4 is 11.6 Å². The zero-order valence-electron chi connectivity index (χ0n) is 6.66. The van der Waals surface area contributed by atoms with Crippen molar-refractivity contribution in [3.05, 3.63) is 23.5 Å². The van der Waals surface area contributed by atoms with E-state index in [1.54, 1.807) is 18.5 Å². The molecule has 12 heavy (non-hydrogen) atoms. The maximum absolute atomic E-state index is 5.86. The molecule has 1 aliphatic rings. The maximum Gasteiger partial charge on any atom is 0.141 e. The molecular formula is C9H10ClNO. The van der Waals surface area contributed by atoms with Gasteiger partial charge in [0.05, 0.1) is 6.10 Å². The van der Waals surface area contributed by atoms with Crippen LogP contribution in [-0.2, 0) is 0 Å². The third-order valence-corrected chi connectivity index (χ3v) is 2.36. The van der Waals surface area contributed by atoms with Gasteiger partial charge in [0.25, 0.3) is 0 Å². The van der Waals surface area contributed by atoms with Crippen LogP contribution in [0.2, 0.25) is 5.02 Å². The molecule has 0 aromatic carbocycles. The summed E-state index contributed by atoms with van der Waals surface area (Å²) in [4.78, 5) is 3.88. The van der Waals surface area contributed by atoms with Crippen LogP contribution in [0, 0.1) is 0 Å². The van der Waals surface area contributed by atoms with Gasteiger partial charge in [0.2, 0.25) is 0 Å². The number of rotatable bonds is 2. The Hall–Kier alpha value is -0.760. The highest BCUT2D eigenvalue weighted by molar-refractivity contribution is 6.31. The van der Waals surface area contributed by atoms with Crippen molar-refractivity contribution < 1.29 is 4.74 Å². The predicted molar refractivity (Wildman–Crippen MR) is 47.5 cm³/mol. The quantitative estimate of drug-likeness (QED) is 0.704. The van der Waals surface area contributed by atoms with Crippen molar-refractivity contribution in [2.75, 3.05) is 0 Å². The SMILES string of the molecule is Clc1cnccc1OC1CCC1. The van der Waals surface area contributed by atoms with Gasteiger partial charge >= 0.3 is 0 Å². The Labute approximate surface area is 76.5 Å². The van der Waals surface area contributed by atoms with Crippen molar-refractivity contribution in [1.29, 1.82) is 0 Å². The first kappa shape index (κ1) is 7.87. The molecule has 1 fully saturated rings. The first-order valence-corrected chi connectivity index (χ1v) is 4.50. The molecule has 0 radical (unpaired) electrons. The summed E-state index contributed by atoms with van der Waals surface area (Å²) in [6, 6.07) is 1.81. The van der Waals surface area contributed by atoms with E-state index >= 15 is 0 Å². The van der Waals surface area contributed by atoms with E-state index in [4.69, 9.17) is 16.3 Å². The lowest BCUT2D eigenvalue weighted by atomic mass is 9.96. The first-order valence-electron chi connectivity index (χ1n) is 4.12. The van der Waals surface area contributed by atoms with Crippen molar-refractivity contribution in [2.24, 2.45) is 0 Å². The van der Waals surface area contributed by atoms with E-state index in [1.807, 2.05) is 0 Å². The number of halogens is 1. The average Bonchev–Trinajstić information content (AvgIpc) is 2.00. The summed E-state index contributed by atoms with van der Waals surface area (Å²) in [6.07, 6.45) is 7.25. The second-order valence-electron chi connectivity index (χ2n) is 2.98. The van der Waals surface area contributed by atoms with Gasteiger partial charge < -0.3 is 4.74 Å². The van der Waals surface area contributed by atoms with Gasteiger partial charge in [-0.05, 0) is 19.3 Å². The molecule has 64 valence electrons. The van der Waals surface area contributed by atoms with Crippen molar-refractivity contribution in [1.82, 2.24) is 4.98 Å². The number of hydrogen-bond donors (Lipinski definition) is 0. The van der Waals surface area contributed by atoms with E-state index in [9.17, 15) is 0 Å². The topological polar surface area (TPSA) is 22.1 Å². The van der Waals surface area contributed by atoms with E-state index in [1.165, 1.54) is 6.42 Å². The highest BCUT2D eigenvalue weighted by Crippen LogP contribution is 2.29. The molecule has 2 rings (SSSR count). The Balaban J connectivity index is 2.06. The monoisotopic (exact) mass is 183 g/mol. The second-order valence-corrected chi connectivity index (χ2v) is 3.38. The summed E-state index contributed by atoms with van der Waals surface area (Å²) in [5, 5.41) is 0.601. The largest absolute Gasteiger partial charge is 0.489 e. The number of hydrogen-bond acceptors (Lipinski definition) is 2. The van der Waals surface area contributed by atoms with Gasteiger partial charge in [-0.1, -0.05) is 11.6 Å². The zero-order chi connectivity index (χ0) is 8.39. The Bertz CT molecular complexity index is 273. The maximum atomic E-state index is 5.86. The minimum absolute atomic E-state index is 0.380. The van der Waals surface area contributed by atoms with Crippen molar-refractivity contribution in [3.8, 4) is 5.75 Å². The molecule has 1 saturated carbocycles. The Morgan fingerprint density at radius 3 is 2.92 bits per heavy atom. The smallest absolute Gasteiger partial charge is 0.141 e. The van der Waals surface area contributed by atoms with Gasteiger partial charge in [-0.2, -0.15) is 0 Å². The molecule has 0 spiro atoms. The summed E-state index contributed by atoms with van der Waals surface area (Å²) in [7, 11) is 0. The molecule has 1 heterocycles. The fraction of sp³-hybridized carbons (Fsp3) is 0.444. The Kier molecular flexibility index (Phi) is 2.17. The molecule has 0 unspecified atom stereocenters. The standard InChI is InChI=1S/C9H10ClNO/c10-8-6-11-5-4-9(8)12-7-2-1-3-7/h4-7H,1-3H2. The summed E-state index contributed by atoms with van der Waals surface area (Å²) in [5.74, 6) is 0.761. The first-order chi connectivity index (χ1) is 5.86. The molecule has 0 aliphatic heterocycles.